The minimum Gasteiger partial charge on any atom is -0.497 e. The van der Waals surface area contributed by atoms with Crippen molar-refractivity contribution in [3.05, 3.63) is 65.7 Å². The molecular weight excluding hydrogens is 332 g/mol. The monoisotopic (exact) mass is 364 g/mol. The Labute approximate surface area is 164 Å². The van der Waals surface area contributed by atoms with Crippen molar-refractivity contribution in [3.8, 4) is 11.8 Å². The largest absolute Gasteiger partial charge is 0.497 e. The first kappa shape index (κ1) is 21.0. The van der Waals surface area contributed by atoms with E-state index >= 15 is 0 Å². The van der Waals surface area contributed by atoms with Crippen LogP contribution in [0.1, 0.15) is 37.8 Å². The van der Waals surface area contributed by atoms with Gasteiger partial charge in [-0.2, -0.15) is 5.26 Å². The van der Waals surface area contributed by atoms with Crippen LogP contribution >= 0.6 is 0 Å². The number of ether oxygens (including phenoxy) is 1. The molecule has 0 radical (unpaired) electrons. The van der Waals surface area contributed by atoms with Crippen LogP contribution in [0.15, 0.2) is 54.6 Å². The fourth-order valence-corrected chi connectivity index (χ4v) is 3.62. The summed E-state index contributed by atoms with van der Waals surface area (Å²) < 4.78 is 5.37. The summed E-state index contributed by atoms with van der Waals surface area (Å²) in [4.78, 5) is 2.36. The van der Waals surface area contributed by atoms with Gasteiger partial charge in [-0.15, -0.1) is 0 Å². The van der Waals surface area contributed by atoms with Crippen molar-refractivity contribution in [2.24, 2.45) is 5.92 Å². The second-order valence-corrected chi connectivity index (χ2v) is 7.61. The number of hydrogen-bond donors (Lipinski definition) is 0. The normalized spacial score (nSPS) is 13.4. The lowest BCUT2D eigenvalue weighted by atomic mass is 9.70. The Morgan fingerprint density at radius 1 is 1.07 bits per heavy atom. The van der Waals surface area contributed by atoms with Crippen LogP contribution in [0, 0.1) is 17.2 Å². The van der Waals surface area contributed by atoms with Crippen LogP contribution in [0.2, 0.25) is 0 Å². The Morgan fingerprint density at radius 2 is 1.81 bits per heavy atom. The third-order valence-electron chi connectivity index (χ3n) is 5.51. The van der Waals surface area contributed by atoms with Crippen molar-refractivity contribution >= 4 is 0 Å². The van der Waals surface area contributed by atoms with E-state index < -0.39 is 5.41 Å². The van der Waals surface area contributed by atoms with Crippen LogP contribution in [0.5, 0.6) is 5.75 Å². The first-order chi connectivity index (χ1) is 13.0. The fraction of sp³-hybridized carbons (Fsp3) is 0.458. The van der Waals surface area contributed by atoms with Gasteiger partial charge in [0.1, 0.15) is 5.75 Å². The van der Waals surface area contributed by atoms with E-state index in [1.807, 2.05) is 18.2 Å². The van der Waals surface area contributed by atoms with Gasteiger partial charge in [-0.05, 0) is 62.0 Å². The number of likely N-dealkylation sites (N-methyl/N-ethyl adjacent to an activating group) is 1. The fourth-order valence-electron chi connectivity index (χ4n) is 3.62. The van der Waals surface area contributed by atoms with Gasteiger partial charge in [0, 0.05) is 6.54 Å². The van der Waals surface area contributed by atoms with Gasteiger partial charge in [-0.25, -0.2) is 0 Å². The van der Waals surface area contributed by atoms with E-state index in [1.54, 1.807) is 7.11 Å². The van der Waals surface area contributed by atoms with Gasteiger partial charge >= 0.3 is 0 Å². The van der Waals surface area contributed by atoms with Crippen LogP contribution in [-0.4, -0.2) is 32.1 Å². The molecule has 0 N–H and O–H groups in total. The minimum atomic E-state index is -0.477. The molecule has 0 heterocycles. The lowest BCUT2D eigenvalue weighted by molar-refractivity contribution is 0.293. The van der Waals surface area contributed by atoms with E-state index in [4.69, 9.17) is 4.74 Å². The molecule has 2 aromatic rings. The van der Waals surface area contributed by atoms with E-state index in [-0.39, 0.29) is 5.92 Å². The van der Waals surface area contributed by atoms with E-state index in [9.17, 15) is 5.26 Å². The number of nitrogens with zero attached hydrogens (tertiary/aromatic N) is 2. The highest BCUT2D eigenvalue weighted by molar-refractivity contribution is 5.38. The Kier molecular flexibility index (Phi) is 7.88. The zero-order valence-corrected chi connectivity index (χ0v) is 17.1. The number of methoxy groups -OCH3 is 1. The van der Waals surface area contributed by atoms with Crippen LogP contribution < -0.4 is 4.74 Å². The molecule has 27 heavy (non-hydrogen) atoms. The molecule has 3 nitrogen and oxygen atoms in total. The zero-order chi connectivity index (χ0) is 19.7. The maximum absolute atomic E-state index is 10.1. The van der Waals surface area contributed by atoms with E-state index in [1.165, 1.54) is 5.56 Å². The molecule has 0 aliphatic rings. The maximum Gasteiger partial charge on any atom is 0.119 e. The number of hydrogen-bond acceptors (Lipinski definition) is 3. The second kappa shape index (κ2) is 10.1. The molecule has 0 aliphatic heterocycles. The van der Waals surface area contributed by atoms with Crippen molar-refractivity contribution in [1.82, 2.24) is 4.90 Å². The zero-order valence-electron chi connectivity index (χ0n) is 17.1. The summed E-state index contributed by atoms with van der Waals surface area (Å²) in [5, 5.41) is 10.1. The highest BCUT2D eigenvalue weighted by Gasteiger charge is 2.35. The predicted octanol–water partition coefficient (Wildman–Crippen LogP) is 5.07. The molecule has 3 heteroatoms. The smallest absolute Gasteiger partial charge is 0.119 e. The summed E-state index contributed by atoms with van der Waals surface area (Å²) in [6.07, 6.45) is 2.90. The molecule has 0 aromatic heterocycles. The first-order valence-electron chi connectivity index (χ1n) is 9.80. The topological polar surface area (TPSA) is 36.3 Å². The molecule has 0 saturated carbocycles. The minimum absolute atomic E-state index is 0.240. The number of rotatable bonds is 10. The summed E-state index contributed by atoms with van der Waals surface area (Å²) in [5.74, 6) is 1.05. The molecule has 1 unspecified atom stereocenters. The molecule has 0 bridgehead atoms. The average Bonchev–Trinajstić information content (AvgIpc) is 2.70. The molecule has 0 saturated heterocycles. The summed E-state index contributed by atoms with van der Waals surface area (Å²) >= 11 is 0. The van der Waals surface area contributed by atoms with Crippen molar-refractivity contribution in [1.29, 1.82) is 5.26 Å². The molecule has 0 aliphatic carbocycles. The van der Waals surface area contributed by atoms with Gasteiger partial charge in [0.05, 0.1) is 18.6 Å². The first-order valence-corrected chi connectivity index (χ1v) is 9.80. The summed E-state index contributed by atoms with van der Waals surface area (Å²) in [5.41, 5.74) is 1.95. The van der Waals surface area contributed by atoms with E-state index in [0.29, 0.717) is 0 Å². The van der Waals surface area contributed by atoms with Crippen LogP contribution in [0.4, 0.5) is 0 Å². The molecular formula is C24H32N2O. The van der Waals surface area contributed by atoms with Gasteiger partial charge in [0.15, 0.2) is 0 Å². The lowest BCUT2D eigenvalue weighted by Crippen LogP contribution is -2.32. The van der Waals surface area contributed by atoms with Gasteiger partial charge < -0.3 is 9.64 Å². The van der Waals surface area contributed by atoms with Gasteiger partial charge in [0.2, 0.25) is 0 Å². The van der Waals surface area contributed by atoms with Gasteiger partial charge in [-0.3, -0.25) is 0 Å². The van der Waals surface area contributed by atoms with Gasteiger partial charge in [-0.1, -0.05) is 56.3 Å². The van der Waals surface area contributed by atoms with Crippen molar-refractivity contribution < 1.29 is 4.74 Å². The SMILES string of the molecule is COc1cccc(C(C#N)(CCCN(C)CCc2ccccc2)C(C)C)c1. The van der Waals surface area contributed by atoms with Crippen LogP contribution in [-0.2, 0) is 11.8 Å². The van der Waals surface area contributed by atoms with Crippen molar-refractivity contribution in [2.45, 2.75) is 38.5 Å². The molecule has 2 aromatic carbocycles. The molecule has 0 spiro atoms. The Balaban J connectivity index is 1.97. The van der Waals surface area contributed by atoms with E-state index in [0.717, 1.165) is 43.7 Å². The van der Waals surface area contributed by atoms with Crippen molar-refractivity contribution in [2.75, 3.05) is 27.2 Å². The third-order valence-corrected chi connectivity index (χ3v) is 5.51. The van der Waals surface area contributed by atoms with Gasteiger partial charge in [0.25, 0.3) is 0 Å². The second-order valence-electron chi connectivity index (χ2n) is 7.61. The standard InChI is InChI=1S/C24H32N2O/c1-20(2)24(19-25,22-12-8-13-23(18-22)27-4)15-9-16-26(3)17-14-21-10-6-5-7-11-21/h5-8,10-13,18,20H,9,14-17H2,1-4H3. The Bertz CT molecular complexity index is 736. The highest BCUT2D eigenvalue weighted by Crippen LogP contribution is 2.37. The Morgan fingerprint density at radius 3 is 2.44 bits per heavy atom. The molecule has 0 amide bonds. The van der Waals surface area contributed by atoms with E-state index in [2.05, 4.69) is 68.3 Å². The Hall–Kier alpha value is -2.31. The summed E-state index contributed by atoms with van der Waals surface area (Å²) in [6.45, 7) is 6.31. The van der Waals surface area contributed by atoms with Crippen molar-refractivity contribution in [3.63, 3.8) is 0 Å². The molecule has 0 fully saturated rings. The quantitative estimate of drug-likeness (QED) is 0.591. The molecule has 1 atom stereocenters. The average molecular weight is 365 g/mol. The lowest BCUT2D eigenvalue weighted by Gasteiger charge is -2.32. The number of nitriles is 1. The summed E-state index contributed by atoms with van der Waals surface area (Å²) in [7, 11) is 3.84. The highest BCUT2D eigenvalue weighted by atomic mass is 16.5. The maximum atomic E-state index is 10.1. The molecule has 2 rings (SSSR count). The van der Waals surface area contributed by atoms with Crippen LogP contribution in [0.25, 0.3) is 0 Å². The number of benzene rings is 2. The third kappa shape index (κ3) is 5.58. The molecule has 144 valence electrons. The summed E-state index contributed by atoms with van der Waals surface area (Å²) in [6, 6.07) is 21.2. The van der Waals surface area contributed by atoms with Crippen LogP contribution in [0.3, 0.4) is 0 Å². The predicted molar refractivity (Wildman–Crippen MR) is 112 cm³/mol.